The molecular formula is C25H27FN8O3. The van der Waals surface area contributed by atoms with Crippen molar-refractivity contribution in [2.45, 2.75) is 56.7 Å². The van der Waals surface area contributed by atoms with Gasteiger partial charge in [-0.15, -0.1) is 11.5 Å². The first kappa shape index (κ1) is 24.3. The number of rotatable bonds is 8. The van der Waals surface area contributed by atoms with Crippen LogP contribution in [0.1, 0.15) is 49.0 Å². The fraction of sp³-hybridized carbons (Fsp3) is 0.400. The number of ether oxygens (including phenoxy) is 1. The predicted molar refractivity (Wildman–Crippen MR) is 135 cm³/mol. The number of nitrogens with zero attached hydrogens (tertiary/aromatic N) is 4. The van der Waals surface area contributed by atoms with Gasteiger partial charge in [0.15, 0.2) is 23.8 Å². The Balaban J connectivity index is 1.31. The molecule has 0 aliphatic heterocycles. The third kappa shape index (κ3) is 5.88. The van der Waals surface area contributed by atoms with Crippen molar-refractivity contribution in [3.8, 4) is 12.3 Å². The Bertz CT molecular complexity index is 1340. The van der Waals surface area contributed by atoms with E-state index in [-0.39, 0.29) is 30.1 Å². The molecule has 2 fully saturated rings. The minimum atomic E-state index is -0.634. The maximum atomic E-state index is 14.0. The van der Waals surface area contributed by atoms with E-state index in [1.54, 1.807) is 0 Å². The van der Waals surface area contributed by atoms with Crippen LogP contribution in [0.3, 0.4) is 0 Å². The van der Waals surface area contributed by atoms with Gasteiger partial charge in [0, 0.05) is 30.4 Å². The van der Waals surface area contributed by atoms with Crippen LogP contribution in [0.5, 0.6) is 0 Å². The van der Waals surface area contributed by atoms with Gasteiger partial charge in [0.25, 0.3) is 5.91 Å². The number of anilines is 3. The molecule has 0 bridgehead atoms. The maximum absolute atomic E-state index is 14.0. The number of imidazole rings is 1. The fourth-order valence-electron chi connectivity index (χ4n) is 4.32. The van der Waals surface area contributed by atoms with Gasteiger partial charge in [0.05, 0.1) is 23.8 Å². The zero-order valence-electron chi connectivity index (χ0n) is 20.0. The highest BCUT2D eigenvalue weighted by molar-refractivity contribution is 6.03. The highest BCUT2D eigenvalue weighted by Gasteiger charge is 2.26. The molecule has 3 aromatic heterocycles. The number of alkyl carbamates (subject to hydrolysis) is 1. The number of fused-ring (bicyclic) bond motifs is 1. The Kier molecular flexibility index (Phi) is 7.02. The van der Waals surface area contributed by atoms with E-state index >= 15 is 0 Å². The molecule has 0 spiro atoms. The van der Waals surface area contributed by atoms with Crippen LogP contribution in [0.15, 0.2) is 30.7 Å². The number of hydrogen-bond donors (Lipinski definition) is 4. The van der Waals surface area contributed by atoms with Crippen molar-refractivity contribution < 1.29 is 18.7 Å². The molecule has 0 saturated heterocycles. The standard InChI is InChI=1S/C25H27FN8O3/c1-2-11-37-25(36)31-17-7-5-16(6-8-17)30-22-12-20(29-15-3-4-15)23-28-14-21(34(23)33-22)24(35)32-19-9-10-27-13-18(19)26/h1,9-10,12-17,29H,3-8,11H2,(H,30,33)(H,31,36)(H,27,32,35). The lowest BCUT2D eigenvalue weighted by Gasteiger charge is -2.29. The summed E-state index contributed by atoms with van der Waals surface area (Å²) < 4.78 is 20.4. The van der Waals surface area contributed by atoms with Crippen LogP contribution >= 0.6 is 0 Å². The molecule has 12 heteroatoms. The third-order valence-corrected chi connectivity index (χ3v) is 6.35. The molecular weight excluding hydrogens is 479 g/mol. The lowest BCUT2D eigenvalue weighted by molar-refractivity contribution is 0.101. The minimum Gasteiger partial charge on any atom is -0.436 e. The molecule has 37 heavy (non-hydrogen) atoms. The molecule has 2 aliphatic carbocycles. The first-order valence-corrected chi connectivity index (χ1v) is 12.2. The fourth-order valence-corrected chi connectivity index (χ4v) is 4.32. The van der Waals surface area contributed by atoms with Gasteiger partial charge in [-0.05, 0) is 44.6 Å². The molecule has 3 aromatic rings. The van der Waals surface area contributed by atoms with Gasteiger partial charge in [0.2, 0.25) is 0 Å². The predicted octanol–water partition coefficient (Wildman–Crippen LogP) is 3.17. The molecule has 0 atom stereocenters. The van der Waals surface area contributed by atoms with E-state index in [1.807, 2.05) is 6.07 Å². The van der Waals surface area contributed by atoms with Gasteiger partial charge < -0.3 is 26.0 Å². The summed E-state index contributed by atoms with van der Waals surface area (Å²) in [5, 5.41) is 16.9. The summed E-state index contributed by atoms with van der Waals surface area (Å²) in [5.41, 5.74) is 1.47. The van der Waals surface area contributed by atoms with E-state index in [9.17, 15) is 14.0 Å². The average Bonchev–Trinajstić information content (AvgIpc) is 3.60. The molecule has 0 unspecified atom stereocenters. The summed E-state index contributed by atoms with van der Waals surface area (Å²) in [4.78, 5) is 32.9. The average molecular weight is 507 g/mol. The molecule has 0 aromatic carbocycles. The molecule has 3 heterocycles. The van der Waals surface area contributed by atoms with Crippen LogP contribution < -0.4 is 21.3 Å². The molecule has 2 aliphatic rings. The number of hydrogen-bond acceptors (Lipinski definition) is 8. The highest BCUT2D eigenvalue weighted by Crippen LogP contribution is 2.30. The SMILES string of the molecule is C#CCOC(=O)NC1CCC(Nc2cc(NC3CC3)c3ncc(C(=O)Nc4ccncc4F)n3n2)CC1. The van der Waals surface area contributed by atoms with Crippen LogP contribution in [-0.4, -0.2) is 56.3 Å². The number of nitrogens with one attached hydrogen (secondary N) is 4. The largest absolute Gasteiger partial charge is 0.436 e. The van der Waals surface area contributed by atoms with E-state index in [2.05, 4.69) is 42.3 Å². The van der Waals surface area contributed by atoms with E-state index in [0.29, 0.717) is 17.5 Å². The number of halogens is 1. The van der Waals surface area contributed by atoms with E-state index in [0.717, 1.165) is 50.4 Å². The van der Waals surface area contributed by atoms with Crippen molar-refractivity contribution in [2.75, 3.05) is 22.6 Å². The van der Waals surface area contributed by atoms with Crippen molar-refractivity contribution in [2.24, 2.45) is 0 Å². The first-order valence-electron chi connectivity index (χ1n) is 12.2. The molecule has 5 rings (SSSR count). The normalized spacial score (nSPS) is 19.0. The quantitative estimate of drug-likeness (QED) is 0.342. The summed E-state index contributed by atoms with van der Waals surface area (Å²) >= 11 is 0. The number of aromatic nitrogens is 4. The second-order valence-corrected chi connectivity index (χ2v) is 9.17. The lowest BCUT2D eigenvalue weighted by atomic mass is 9.91. The van der Waals surface area contributed by atoms with Crippen molar-refractivity contribution >= 4 is 34.8 Å². The Hall–Kier alpha value is -4.40. The van der Waals surface area contributed by atoms with Crippen molar-refractivity contribution in [3.63, 3.8) is 0 Å². The number of terminal acetylenes is 1. The second-order valence-electron chi connectivity index (χ2n) is 9.17. The zero-order chi connectivity index (χ0) is 25.8. The Morgan fingerprint density at radius 1 is 1.08 bits per heavy atom. The second kappa shape index (κ2) is 10.7. The monoisotopic (exact) mass is 506 g/mol. The van der Waals surface area contributed by atoms with Crippen molar-refractivity contribution in [1.29, 1.82) is 0 Å². The number of carbonyl (C=O) groups excluding carboxylic acids is 2. The molecule has 11 nitrogen and oxygen atoms in total. The van der Waals surface area contributed by atoms with Gasteiger partial charge in [-0.25, -0.2) is 18.7 Å². The first-order chi connectivity index (χ1) is 18.0. The zero-order valence-corrected chi connectivity index (χ0v) is 20.0. The van der Waals surface area contributed by atoms with Crippen molar-refractivity contribution in [1.82, 2.24) is 24.9 Å². The van der Waals surface area contributed by atoms with Crippen molar-refractivity contribution in [3.05, 3.63) is 42.2 Å². The lowest BCUT2D eigenvalue weighted by Crippen LogP contribution is -2.40. The minimum absolute atomic E-state index is 0.0170. The van der Waals surface area contributed by atoms with Crippen LogP contribution in [0, 0.1) is 18.2 Å². The van der Waals surface area contributed by atoms with Crippen LogP contribution in [0.2, 0.25) is 0 Å². The summed E-state index contributed by atoms with van der Waals surface area (Å²) in [7, 11) is 0. The Morgan fingerprint density at radius 3 is 2.54 bits per heavy atom. The summed E-state index contributed by atoms with van der Waals surface area (Å²) in [6.07, 6.45) is 13.8. The highest BCUT2D eigenvalue weighted by atomic mass is 19.1. The maximum Gasteiger partial charge on any atom is 0.408 e. The van der Waals surface area contributed by atoms with Crippen LogP contribution in [0.25, 0.3) is 5.65 Å². The Morgan fingerprint density at radius 2 is 1.81 bits per heavy atom. The molecule has 192 valence electrons. The van der Waals surface area contributed by atoms with Gasteiger partial charge >= 0.3 is 6.09 Å². The van der Waals surface area contributed by atoms with Crippen LogP contribution in [-0.2, 0) is 4.74 Å². The molecule has 4 N–H and O–H groups in total. The molecule has 2 saturated carbocycles. The van der Waals surface area contributed by atoms with Gasteiger partial charge in [-0.2, -0.15) is 0 Å². The number of amides is 2. The van der Waals surface area contributed by atoms with Gasteiger partial charge in [-0.3, -0.25) is 9.78 Å². The summed E-state index contributed by atoms with van der Waals surface area (Å²) in [6, 6.07) is 3.78. The summed E-state index contributed by atoms with van der Waals surface area (Å²) in [6.45, 7) is -0.0557. The molecule has 0 radical (unpaired) electrons. The Labute approximate surface area is 212 Å². The van der Waals surface area contributed by atoms with E-state index in [4.69, 9.17) is 11.2 Å². The van der Waals surface area contributed by atoms with Gasteiger partial charge in [0.1, 0.15) is 5.82 Å². The van der Waals surface area contributed by atoms with Crippen LogP contribution in [0.4, 0.5) is 26.4 Å². The third-order valence-electron chi connectivity index (χ3n) is 6.35. The summed E-state index contributed by atoms with van der Waals surface area (Å²) in [5.74, 6) is 1.68. The van der Waals surface area contributed by atoms with Gasteiger partial charge in [-0.1, -0.05) is 5.92 Å². The number of carbonyl (C=O) groups is 2. The van der Waals surface area contributed by atoms with E-state index < -0.39 is 17.8 Å². The van der Waals surface area contributed by atoms with E-state index in [1.165, 1.54) is 23.0 Å². The number of pyridine rings is 1. The topological polar surface area (TPSA) is 135 Å². The smallest absolute Gasteiger partial charge is 0.408 e. The molecule has 2 amide bonds.